The molecule has 1 heterocycles. The van der Waals surface area contributed by atoms with Gasteiger partial charge in [0.25, 0.3) is 0 Å². The maximum Gasteiger partial charge on any atom is 0.321 e. The topological polar surface area (TPSA) is 103 Å². The van der Waals surface area contributed by atoms with Crippen molar-refractivity contribution in [3.8, 4) is 0 Å². The summed E-state index contributed by atoms with van der Waals surface area (Å²) in [5.74, 6) is 0.808. The number of likely N-dealkylation sites (tertiary alicyclic amines) is 1. The van der Waals surface area contributed by atoms with Crippen LogP contribution in [0.4, 0.5) is 21.0 Å². The summed E-state index contributed by atoms with van der Waals surface area (Å²) in [5.41, 5.74) is 1.33. The first-order valence-corrected chi connectivity index (χ1v) is 10.5. The van der Waals surface area contributed by atoms with Crippen LogP contribution in [-0.4, -0.2) is 49.0 Å². The second-order valence-electron chi connectivity index (χ2n) is 7.84. The number of hydrogen-bond donors (Lipinski definition) is 4. The minimum Gasteiger partial charge on any atom is -0.356 e. The number of rotatable bonds is 7. The largest absolute Gasteiger partial charge is 0.356 e. The van der Waals surface area contributed by atoms with Crippen molar-refractivity contribution < 1.29 is 14.4 Å². The second-order valence-corrected chi connectivity index (χ2v) is 7.84. The molecule has 5 amide bonds. The fourth-order valence-electron chi connectivity index (χ4n) is 3.31. The Bertz CT molecular complexity index is 710. The van der Waals surface area contributed by atoms with Gasteiger partial charge >= 0.3 is 12.1 Å². The van der Waals surface area contributed by atoms with Gasteiger partial charge < -0.3 is 26.2 Å². The third-order valence-corrected chi connectivity index (χ3v) is 5.34. The van der Waals surface area contributed by atoms with Gasteiger partial charge in [-0.2, -0.15) is 0 Å². The summed E-state index contributed by atoms with van der Waals surface area (Å²) in [4.78, 5) is 38.1. The van der Waals surface area contributed by atoms with Crippen molar-refractivity contribution >= 4 is 29.3 Å². The number of anilines is 2. The van der Waals surface area contributed by atoms with Gasteiger partial charge in [0.2, 0.25) is 5.91 Å². The average molecular weight is 402 g/mol. The highest BCUT2D eigenvalue weighted by molar-refractivity contribution is 5.91. The monoisotopic (exact) mass is 401 g/mol. The quantitative estimate of drug-likeness (QED) is 0.565. The molecule has 1 saturated heterocycles. The molecule has 3 rings (SSSR count). The Kier molecular flexibility index (Phi) is 7.32. The van der Waals surface area contributed by atoms with Crippen molar-refractivity contribution in [2.24, 2.45) is 11.8 Å². The van der Waals surface area contributed by atoms with E-state index < -0.39 is 0 Å². The Labute approximate surface area is 171 Å². The number of carbonyl (C=O) groups is 3. The number of urea groups is 2. The molecule has 2 fully saturated rings. The van der Waals surface area contributed by atoms with Gasteiger partial charge in [-0.1, -0.05) is 6.92 Å². The Morgan fingerprint density at radius 1 is 0.931 bits per heavy atom. The van der Waals surface area contributed by atoms with Crippen LogP contribution in [-0.2, 0) is 4.79 Å². The first-order valence-electron chi connectivity index (χ1n) is 10.5. The molecule has 2 aliphatic rings. The molecular weight excluding hydrogens is 370 g/mol. The van der Waals surface area contributed by atoms with E-state index in [0.717, 1.165) is 13.0 Å². The zero-order chi connectivity index (χ0) is 20.6. The van der Waals surface area contributed by atoms with E-state index >= 15 is 0 Å². The van der Waals surface area contributed by atoms with E-state index in [-0.39, 0.29) is 23.9 Å². The van der Waals surface area contributed by atoms with Gasteiger partial charge in [-0.25, -0.2) is 9.59 Å². The van der Waals surface area contributed by atoms with Crippen LogP contribution in [0.15, 0.2) is 24.3 Å². The Hall–Kier alpha value is -2.77. The fraction of sp³-hybridized carbons (Fsp3) is 0.571. The lowest BCUT2D eigenvalue weighted by molar-refractivity contribution is -0.126. The maximum absolute atomic E-state index is 12.5. The number of hydrogen-bond acceptors (Lipinski definition) is 3. The second kappa shape index (κ2) is 10.1. The highest BCUT2D eigenvalue weighted by Crippen LogP contribution is 2.28. The molecule has 1 aliphatic carbocycles. The molecule has 0 aromatic heterocycles. The third kappa shape index (κ3) is 6.66. The predicted octanol–water partition coefficient (Wildman–Crippen LogP) is 2.99. The first kappa shape index (κ1) is 21.0. The van der Waals surface area contributed by atoms with E-state index in [9.17, 15) is 14.4 Å². The summed E-state index contributed by atoms with van der Waals surface area (Å²) in [6, 6.07) is 6.60. The van der Waals surface area contributed by atoms with Gasteiger partial charge in [0.05, 0.1) is 0 Å². The minimum atomic E-state index is -0.243. The normalized spacial score (nSPS) is 16.8. The van der Waals surface area contributed by atoms with Crippen molar-refractivity contribution in [3.63, 3.8) is 0 Å². The van der Waals surface area contributed by atoms with Gasteiger partial charge in [0.15, 0.2) is 0 Å². The average Bonchev–Trinajstić information content (AvgIpc) is 3.56. The number of amides is 5. The molecule has 8 nitrogen and oxygen atoms in total. The van der Waals surface area contributed by atoms with Gasteiger partial charge in [-0.05, 0) is 62.3 Å². The van der Waals surface area contributed by atoms with Gasteiger partial charge in [-0.15, -0.1) is 0 Å². The third-order valence-electron chi connectivity index (χ3n) is 5.34. The number of benzene rings is 1. The van der Waals surface area contributed by atoms with Crippen molar-refractivity contribution in [1.29, 1.82) is 0 Å². The number of piperidine rings is 1. The molecular formula is C21H31N5O3. The van der Waals surface area contributed by atoms with Gasteiger partial charge in [-0.3, -0.25) is 4.79 Å². The Balaban J connectivity index is 1.39. The van der Waals surface area contributed by atoms with Crippen LogP contribution in [0.25, 0.3) is 0 Å². The molecule has 0 spiro atoms. The van der Waals surface area contributed by atoms with E-state index in [2.05, 4.69) is 21.3 Å². The van der Waals surface area contributed by atoms with Crippen LogP contribution in [0.2, 0.25) is 0 Å². The predicted molar refractivity (Wildman–Crippen MR) is 113 cm³/mol. The molecule has 158 valence electrons. The lowest BCUT2D eigenvalue weighted by atomic mass is 9.96. The molecule has 1 aromatic rings. The van der Waals surface area contributed by atoms with Crippen molar-refractivity contribution in [3.05, 3.63) is 24.3 Å². The molecule has 4 N–H and O–H groups in total. The summed E-state index contributed by atoms with van der Waals surface area (Å²) in [6.45, 7) is 4.56. The SMILES string of the molecule is CCCNC(=O)Nc1ccc(NC(=O)N2CCC(C(=O)NCC3CC3)CC2)cc1. The van der Waals surface area contributed by atoms with Crippen molar-refractivity contribution in [2.75, 3.05) is 36.8 Å². The molecule has 1 aliphatic heterocycles. The van der Waals surface area contributed by atoms with Crippen LogP contribution in [0.1, 0.15) is 39.0 Å². The highest BCUT2D eigenvalue weighted by Gasteiger charge is 2.29. The number of carbonyl (C=O) groups excluding carboxylic acids is 3. The molecule has 29 heavy (non-hydrogen) atoms. The number of nitrogens with one attached hydrogen (secondary N) is 4. The van der Waals surface area contributed by atoms with Gasteiger partial charge in [0.1, 0.15) is 0 Å². The van der Waals surface area contributed by atoms with E-state index in [0.29, 0.717) is 49.8 Å². The van der Waals surface area contributed by atoms with Crippen LogP contribution in [0.3, 0.4) is 0 Å². The Morgan fingerprint density at radius 2 is 1.55 bits per heavy atom. The fourth-order valence-corrected chi connectivity index (χ4v) is 3.31. The van der Waals surface area contributed by atoms with Crippen LogP contribution in [0, 0.1) is 11.8 Å². The van der Waals surface area contributed by atoms with Crippen molar-refractivity contribution in [1.82, 2.24) is 15.5 Å². The molecule has 0 radical (unpaired) electrons. The molecule has 1 saturated carbocycles. The van der Waals surface area contributed by atoms with E-state index in [1.807, 2.05) is 6.92 Å². The Morgan fingerprint density at radius 3 is 2.14 bits per heavy atom. The summed E-state index contributed by atoms with van der Waals surface area (Å²) in [7, 11) is 0. The van der Waals surface area contributed by atoms with Crippen LogP contribution < -0.4 is 21.3 Å². The molecule has 0 atom stereocenters. The highest BCUT2D eigenvalue weighted by atomic mass is 16.2. The molecule has 8 heteroatoms. The summed E-state index contributed by atoms with van der Waals surface area (Å²) in [6.07, 6.45) is 4.71. The van der Waals surface area contributed by atoms with E-state index in [4.69, 9.17) is 0 Å². The number of nitrogens with zero attached hydrogens (tertiary/aromatic N) is 1. The molecule has 0 unspecified atom stereocenters. The zero-order valence-electron chi connectivity index (χ0n) is 17.0. The van der Waals surface area contributed by atoms with Crippen molar-refractivity contribution in [2.45, 2.75) is 39.0 Å². The molecule has 0 bridgehead atoms. The lowest BCUT2D eigenvalue weighted by Crippen LogP contribution is -2.44. The first-order chi connectivity index (χ1) is 14.0. The summed E-state index contributed by atoms with van der Waals surface area (Å²) < 4.78 is 0. The van der Waals surface area contributed by atoms with Crippen LogP contribution >= 0.6 is 0 Å². The van der Waals surface area contributed by atoms with Crippen LogP contribution in [0.5, 0.6) is 0 Å². The maximum atomic E-state index is 12.5. The summed E-state index contributed by atoms with van der Waals surface area (Å²) >= 11 is 0. The minimum absolute atomic E-state index is 0.00186. The lowest BCUT2D eigenvalue weighted by Gasteiger charge is -2.31. The zero-order valence-corrected chi connectivity index (χ0v) is 17.0. The van der Waals surface area contributed by atoms with E-state index in [1.54, 1.807) is 29.2 Å². The standard InChI is InChI=1S/C21H31N5O3/c1-2-11-22-20(28)24-17-5-7-18(8-6-17)25-21(29)26-12-9-16(10-13-26)19(27)23-14-15-3-4-15/h5-8,15-16H,2-4,9-14H2,1H3,(H,23,27)(H,25,29)(H2,22,24,28). The summed E-state index contributed by atoms with van der Waals surface area (Å²) in [5, 5.41) is 11.4. The van der Waals surface area contributed by atoms with E-state index in [1.165, 1.54) is 12.8 Å². The molecule has 1 aromatic carbocycles. The van der Waals surface area contributed by atoms with Gasteiger partial charge in [0, 0.05) is 43.5 Å². The smallest absolute Gasteiger partial charge is 0.321 e.